The molecule has 0 saturated carbocycles. The molecule has 0 fully saturated rings. The molecule has 1 aromatic heterocycles. The summed E-state index contributed by atoms with van der Waals surface area (Å²) in [6.07, 6.45) is 1.44. The molecule has 0 N–H and O–H groups in total. The summed E-state index contributed by atoms with van der Waals surface area (Å²) in [4.78, 5) is 17.4. The van der Waals surface area contributed by atoms with Crippen LogP contribution in [-0.2, 0) is 6.42 Å². The van der Waals surface area contributed by atoms with Gasteiger partial charge in [-0.2, -0.15) is 0 Å². The van der Waals surface area contributed by atoms with E-state index in [0.717, 1.165) is 12.0 Å². The molecule has 118 valence electrons. The Hall–Kier alpha value is -2.20. The van der Waals surface area contributed by atoms with Gasteiger partial charge in [0.15, 0.2) is 0 Å². The number of nitrogens with zero attached hydrogens (tertiary/aromatic N) is 2. The summed E-state index contributed by atoms with van der Waals surface area (Å²) in [7, 11) is 0. The first-order valence-corrected chi connectivity index (χ1v) is 7.86. The van der Waals surface area contributed by atoms with Crippen LogP contribution in [0.5, 0.6) is 0 Å². The van der Waals surface area contributed by atoms with E-state index in [4.69, 9.17) is 11.6 Å². The van der Waals surface area contributed by atoms with E-state index in [-0.39, 0.29) is 5.39 Å². The standard InChI is InChI=1S/C18H16ClFN2O/c1-3-5-16-21-15-7-4-6-14(20)17(15)18(23)22(16)13-9-11(2)8-12(19)10-13/h4,6-10H,3,5H2,1-2H3. The number of hydrogen-bond acceptors (Lipinski definition) is 2. The summed E-state index contributed by atoms with van der Waals surface area (Å²) in [5, 5.41) is 0.535. The maximum Gasteiger partial charge on any atom is 0.268 e. The van der Waals surface area contributed by atoms with Crippen molar-refractivity contribution in [3.63, 3.8) is 0 Å². The van der Waals surface area contributed by atoms with E-state index < -0.39 is 11.4 Å². The van der Waals surface area contributed by atoms with Crippen LogP contribution >= 0.6 is 11.6 Å². The van der Waals surface area contributed by atoms with Crippen molar-refractivity contribution in [3.05, 3.63) is 69.0 Å². The molecule has 0 aliphatic carbocycles. The predicted molar refractivity (Wildman–Crippen MR) is 91.0 cm³/mol. The Balaban J connectivity index is 2.42. The SMILES string of the molecule is CCCc1nc2cccc(F)c2c(=O)n1-c1cc(C)cc(Cl)c1. The first-order valence-electron chi connectivity index (χ1n) is 7.49. The Kier molecular flexibility index (Phi) is 4.18. The molecule has 0 aliphatic heterocycles. The maximum atomic E-state index is 14.1. The van der Waals surface area contributed by atoms with E-state index in [9.17, 15) is 9.18 Å². The van der Waals surface area contributed by atoms with Gasteiger partial charge >= 0.3 is 0 Å². The zero-order valence-electron chi connectivity index (χ0n) is 12.9. The molecular weight excluding hydrogens is 315 g/mol. The minimum absolute atomic E-state index is 0.00461. The summed E-state index contributed by atoms with van der Waals surface area (Å²) in [5.41, 5.74) is 1.52. The number of aromatic nitrogens is 2. The van der Waals surface area contributed by atoms with E-state index in [1.807, 2.05) is 26.0 Å². The quantitative estimate of drug-likeness (QED) is 0.711. The first-order chi connectivity index (χ1) is 11.0. The number of rotatable bonds is 3. The molecule has 2 aromatic carbocycles. The number of benzene rings is 2. The lowest BCUT2D eigenvalue weighted by Gasteiger charge is -2.14. The van der Waals surface area contributed by atoms with Crippen LogP contribution in [0.15, 0.2) is 41.2 Å². The van der Waals surface area contributed by atoms with Gasteiger partial charge in [0.05, 0.1) is 11.2 Å². The van der Waals surface area contributed by atoms with Crippen LogP contribution < -0.4 is 5.56 Å². The number of fused-ring (bicyclic) bond motifs is 1. The van der Waals surface area contributed by atoms with Gasteiger partial charge in [0.1, 0.15) is 17.0 Å². The van der Waals surface area contributed by atoms with Crippen molar-refractivity contribution in [2.45, 2.75) is 26.7 Å². The molecule has 0 amide bonds. The Bertz CT molecular complexity index is 929. The van der Waals surface area contributed by atoms with Gasteiger partial charge in [-0.25, -0.2) is 9.37 Å². The second kappa shape index (κ2) is 6.13. The average Bonchev–Trinajstić information content (AvgIpc) is 2.46. The van der Waals surface area contributed by atoms with E-state index in [1.165, 1.54) is 10.6 Å². The number of halogens is 2. The van der Waals surface area contributed by atoms with Gasteiger partial charge < -0.3 is 0 Å². The van der Waals surface area contributed by atoms with Crippen LogP contribution in [0.4, 0.5) is 4.39 Å². The van der Waals surface area contributed by atoms with Crippen LogP contribution in [0, 0.1) is 12.7 Å². The third-order valence-electron chi connectivity index (χ3n) is 3.67. The maximum absolute atomic E-state index is 14.1. The Morgan fingerprint density at radius 3 is 2.74 bits per heavy atom. The first kappa shape index (κ1) is 15.7. The van der Waals surface area contributed by atoms with Crippen molar-refractivity contribution in [2.24, 2.45) is 0 Å². The molecule has 23 heavy (non-hydrogen) atoms. The van der Waals surface area contributed by atoms with E-state index in [1.54, 1.807) is 18.2 Å². The molecular formula is C18H16ClFN2O. The molecule has 3 rings (SSSR count). The lowest BCUT2D eigenvalue weighted by Crippen LogP contribution is -2.24. The predicted octanol–water partition coefficient (Wildman–Crippen LogP) is 4.44. The van der Waals surface area contributed by atoms with Crippen LogP contribution in [0.1, 0.15) is 24.7 Å². The van der Waals surface area contributed by atoms with Crippen molar-refractivity contribution < 1.29 is 4.39 Å². The zero-order valence-corrected chi connectivity index (χ0v) is 13.7. The fourth-order valence-electron chi connectivity index (χ4n) is 2.74. The molecule has 3 aromatic rings. The highest BCUT2D eigenvalue weighted by molar-refractivity contribution is 6.30. The van der Waals surface area contributed by atoms with Gasteiger partial charge in [0, 0.05) is 11.4 Å². The Morgan fingerprint density at radius 2 is 2.04 bits per heavy atom. The van der Waals surface area contributed by atoms with Crippen molar-refractivity contribution in [1.29, 1.82) is 0 Å². The van der Waals surface area contributed by atoms with Gasteiger partial charge in [-0.15, -0.1) is 0 Å². The topological polar surface area (TPSA) is 34.9 Å². The monoisotopic (exact) mass is 330 g/mol. The molecule has 0 radical (unpaired) electrons. The molecule has 0 aliphatic rings. The van der Waals surface area contributed by atoms with Gasteiger partial charge in [0.25, 0.3) is 5.56 Å². The molecule has 0 spiro atoms. The summed E-state index contributed by atoms with van der Waals surface area (Å²) in [5.74, 6) is 0.0489. The third-order valence-corrected chi connectivity index (χ3v) is 3.89. The molecule has 0 bridgehead atoms. The summed E-state index contributed by atoms with van der Waals surface area (Å²) >= 11 is 6.12. The number of hydrogen-bond donors (Lipinski definition) is 0. The Morgan fingerprint density at radius 1 is 1.26 bits per heavy atom. The van der Waals surface area contributed by atoms with Gasteiger partial charge in [0.2, 0.25) is 0 Å². The highest BCUT2D eigenvalue weighted by Gasteiger charge is 2.15. The highest BCUT2D eigenvalue weighted by Crippen LogP contribution is 2.20. The lowest BCUT2D eigenvalue weighted by molar-refractivity contribution is 0.636. The van der Waals surface area contributed by atoms with Gasteiger partial charge in [-0.3, -0.25) is 9.36 Å². The van der Waals surface area contributed by atoms with Crippen molar-refractivity contribution in [2.75, 3.05) is 0 Å². The van der Waals surface area contributed by atoms with Crippen molar-refractivity contribution in [1.82, 2.24) is 9.55 Å². The minimum Gasteiger partial charge on any atom is -0.268 e. The zero-order chi connectivity index (χ0) is 16.6. The largest absolute Gasteiger partial charge is 0.268 e. The van der Waals surface area contributed by atoms with Crippen molar-refractivity contribution >= 4 is 22.5 Å². The molecule has 1 heterocycles. The van der Waals surface area contributed by atoms with Crippen molar-refractivity contribution in [3.8, 4) is 5.69 Å². The number of aryl methyl sites for hydroxylation is 2. The molecule has 0 saturated heterocycles. The average molecular weight is 331 g/mol. The summed E-state index contributed by atoms with van der Waals surface area (Å²) < 4.78 is 15.6. The van der Waals surface area contributed by atoms with E-state index in [2.05, 4.69) is 4.98 Å². The van der Waals surface area contributed by atoms with Gasteiger partial charge in [-0.05, 0) is 49.2 Å². The van der Waals surface area contributed by atoms with E-state index in [0.29, 0.717) is 28.5 Å². The van der Waals surface area contributed by atoms with Crippen LogP contribution in [0.2, 0.25) is 5.02 Å². The molecule has 5 heteroatoms. The minimum atomic E-state index is -0.560. The van der Waals surface area contributed by atoms with Crippen LogP contribution in [0.25, 0.3) is 16.6 Å². The highest BCUT2D eigenvalue weighted by atomic mass is 35.5. The second-order valence-corrected chi connectivity index (χ2v) is 5.98. The molecule has 0 atom stereocenters. The van der Waals surface area contributed by atoms with E-state index >= 15 is 0 Å². The van der Waals surface area contributed by atoms with Crippen LogP contribution in [-0.4, -0.2) is 9.55 Å². The summed E-state index contributed by atoms with van der Waals surface area (Å²) in [6.45, 7) is 3.91. The fraction of sp³-hybridized carbons (Fsp3) is 0.222. The Labute approximate surface area is 138 Å². The third kappa shape index (κ3) is 2.86. The van der Waals surface area contributed by atoms with Crippen LogP contribution in [0.3, 0.4) is 0 Å². The van der Waals surface area contributed by atoms with Gasteiger partial charge in [-0.1, -0.05) is 24.6 Å². The summed E-state index contributed by atoms with van der Waals surface area (Å²) in [6, 6.07) is 9.85. The smallest absolute Gasteiger partial charge is 0.268 e. The second-order valence-electron chi connectivity index (χ2n) is 5.54. The lowest BCUT2D eigenvalue weighted by atomic mass is 10.1. The molecule has 3 nitrogen and oxygen atoms in total. The fourth-order valence-corrected chi connectivity index (χ4v) is 3.02. The molecule has 0 unspecified atom stereocenters. The normalized spacial score (nSPS) is 11.1.